The van der Waals surface area contributed by atoms with Crippen molar-refractivity contribution in [2.45, 2.75) is 146 Å². The van der Waals surface area contributed by atoms with Gasteiger partial charge < -0.3 is 71.1 Å². The van der Waals surface area contributed by atoms with Crippen molar-refractivity contribution in [1.82, 2.24) is 0 Å². The second kappa shape index (κ2) is 29.4. The Bertz CT molecular complexity index is 2790. The number of esters is 3. The molecule has 0 radical (unpaired) electrons. The zero-order valence-electron chi connectivity index (χ0n) is 45.3. The molecule has 0 N–H and O–H groups in total. The van der Waals surface area contributed by atoms with Crippen LogP contribution in [-0.4, -0.2) is 137 Å². The first-order valence-electron chi connectivity index (χ1n) is 26.8. The monoisotopic (exact) mass is 1120 g/mol. The fraction of sp³-hybridized carbons (Fsp3) is 0.450. The molecule has 4 heterocycles. The molecule has 0 saturated carbocycles. The maximum atomic E-state index is 12.7. The van der Waals surface area contributed by atoms with Crippen molar-refractivity contribution in [3.8, 4) is 0 Å². The van der Waals surface area contributed by atoms with E-state index in [2.05, 4.69) is 10.0 Å². The molecular formula is C60H67N3O18. The molecule has 4 aliphatic heterocycles. The molecule has 0 spiro atoms. The van der Waals surface area contributed by atoms with Gasteiger partial charge in [0.15, 0.2) is 43.5 Å². The average Bonchev–Trinajstić information content (AvgIpc) is 3.60. The molecule has 4 fully saturated rings. The van der Waals surface area contributed by atoms with E-state index < -0.39 is 123 Å². The minimum atomic E-state index is -1.46. The standard InChI is InChI=1S/C60H67N3O18/c1-37(64)74-51-47(78-59(67-4)56(76-39(3)66)54(51)75-38(2)65)36-73-58-48(62-63-61)52(50-46(77-58)35-72-57(80-50)44-28-18-9-19-29-44)81-60-55(71-33-43-26-16-8-17-27-43)53(70-32-42-24-14-7-15-25-42)49(69-31-41-22-12-6-13-23-41)45(79-60)34-68-30-40-20-10-5-11-21-40/h5-29,45-60H,30-36H2,1-4H3/t45-,46-,47-,48+,49+,50-,51-,52-,53+,54+,55-,56-,57?,58-,59+,60-/m1/s1. The number of azide groups is 1. The third kappa shape index (κ3) is 15.9. The van der Waals surface area contributed by atoms with Gasteiger partial charge in [0.05, 0.1) is 46.2 Å². The Morgan fingerprint density at radius 2 is 0.988 bits per heavy atom. The van der Waals surface area contributed by atoms with Gasteiger partial charge in [-0.1, -0.05) is 157 Å². The second-order valence-corrected chi connectivity index (χ2v) is 19.7. The molecule has 21 heteroatoms. The topological polar surface area (TPSA) is 238 Å². The molecule has 9 rings (SSSR count). The van der Waals surface area contributed by atoms with E-state index in [1.165, 1.54) is 7.11 Å². The third-order valence-electron chi connectivity index (χ3n) is 13.9. The smallest absolute Gasteiger partial charge is 0.303 e. The van der Waals surface area contributed by atoms with Crippen LogP contribution < -0.4 is 0 Å². The highest BCUT2D eigenvalue weighted by molar-refractivity contribution is 5.68. The minimum Gasteiger partial charge on any atom is -0.456 e. The van der Waals surface area contributed by atoms with Crippen LogP contribution in [0.3, 0.4) is 0 Å². The van der Waals surface area contributed by atoms with Gasteiger partial charge in [-0.2, -0.15) is 0 Å². The van der Waals surface area contributed by atoms with Gasteiger partial charge in [0, 0.05) is 38.4 Å². The fourth-order valence-electron chi connectivity index (χ4n) is 10.2. The summed E-state index contributed by atoms with van der Waals surface area (Å²) >= 11 is 0. The Morgan fingerprint density at radius 1 is 0.506 bits per heavy atom. The van der Waals surface area contributed by atoms with E-state index in [-0.39, 0.29) is 39.6 Å². The predicted molar refractivity (Wildman–Crippen MR) is 285 cm³/mol. The van der Waals surface area contributed by atoms with Crippen molar-refractivity contribution in [2.75, 3.05) is 26.9 Å². The first-order valence-corrected chi connectivity index (χ1v) is 26.8. The quantitative estimate of drug-likeness (QED) is 0.0188. The normalized spacial score (nSPS) is 30.0. The molecule has 0 bridgehead atoms. The zero-order valence-corrected chi connectivity index (χ0v) is 45.3. The lowest BCUT2D eigenvalue weighted by Gasteiger charge is -2.51. The largest absolute Gasteiger partial charge is 0.456 e. The lowest BCUT2D eigenvalue weighted by atomic mass is 9.94. The Morgan fingerprint density at radius 3 is 1.53 bits per heavy atom. The molecule has 5 aromatic rings. The highest BCUT2D eigenvalue weighted by Crippen LogP contribution is 2.41. The summed E-state index contributed by atoms with van der Waals surface area (Å²) in [6.45, 7) is 3.61. The molecule has 21 nitrogen and oxygen atoms in total. The van der Waals surface area contributed by atoms with Crippen molar-refractivity contribution < 1.29 is 85.4 Å². The van der Waals surface area contributed by atoms with Crippen LogP contribution in [0.4, 0.5) is 0 Å². The zero-order chi connectivity index (χ0) is 56.5. The van der Waals surface area contributed by atoms with Crippen LogP contribution in [0.1, 0.15) is 54.9 Å². The van der Waals surface area contributed by atoms with Crippen LogP contribution in [0.15, 0.2) is 157 Å². The number of carbonyl (C=O) groups is 3. The van der Waals surface area contributed by atoms with Gasteiger partial charge >= 0.3 is 17.9 Å². The van der Waals surface area contributed by atoms with Gasteiger partial charge in [0.25, 0.3) is 0 Å². The number of hydrogen-bond acceptors (Lipinski definition) is 19. The van der Waals surface area contributed by atoms with Crippen LogP contribution in [0.25, 0.3) is 10.4 Å². The Kier molecular flexibility index (Phi) is 21.4. The summed E-state index contributed by atoms with van der Waals surface area (Å²) in [6, 6.07) is 46.7. The molecule has 0 aliphatic carbocycles. The van der Waals surface area contributed by atoms with Crippen molar-refractivity contribution in [3.63, 3.8) is 0 Å². The summed E-state index contributed by atoms with van der Waals surface area (Å²) in [5.74, 6) is -2.29. The van der Waals surface area contributed by atoms with E-state index in [9.17, 15) is 19.9 Å². The van der Waals surface area contributed by atoms with Crippen LogP contribution in [0.2, 0.25) is 0 Å². The molecule has 0 aromatic heterocycles. The summed E-state index contributed by atoms with van der Waals surface area (Å²) in [5.41, 5.74) is 14.7. The lowest BCUT2D eigenvalue weighted by molar-refractivity contribution is -0.385. The molecule has 81 heavy (non-hydrogen) atoms. The Labute approximate surface area is 469 Å². The number of methoxy groups -OCH3 is 1. The van der Waals surface area contributed by atoms with Crippen LogP contribution in [0, 0.1) is 0 Å². The highest BCUT2D eigenvalue weighted by Gasteiger charge is 2.57. The van der Waals surface area contributed by atoms with Gasteiger partial charge in [0.2, 0.25) is 0 Å². The summed E-state index contributed by atoms with van der Waals surface area (Å²) in [7, 11) is 1.30. The summed E-state index contributed by atoms with van der Waals surface area (Å²) in [6.07, 6.45) is -17.4. The molecule has 16 atom stereocenters. The third-order valence-corrected chi connectivity index (χ3v) is 13.9. The van der Waals surface area contributed by atoms with Gasteiger partial charge in [0.1, 0.15) is 54.9 Å². The highest BCUT2D eigenvalue weighted by atomic mass is 16.8. The van der Waals surface area contributed by atoms with E-state index in [0.717, 1.165) is 43.0 Å². The summed E-state index contributed by atoms with van der Waals surface area (Å²) < 4.78 is 96.8. The van der Waals surface area contributed by atoms with Gasteiger partial charge in [-0.15, -0.1) is 0 Å². The first kappa shape index (κ1) is 59.0. The Balaban J connectivity index is 1.10. The van der Waals surface area contributed by atoms with Crippen molar-refractivity contribution in [1.29, 1.82) is 0 Å². The number of carbonyl (C=O) groups excluding carboxylic acids is 3. The van der Waals surface area contributed by atoms with Gasteiger partial charge in [-0.3, -0.25) is 14.4 Å². The number of nitrogens with zero attached hydrogens (tertiary/aromatic N) is 3. The van der Waals surface area contributed by atoms with E-state index in [1.54, 1.807) is 0 Å². The number of ether oxygens (including phenoxy) is 15. The minimum absolute atomic E-state index is 0.0105. The molecule has 5 aromatic carbocycles. The molecular weight excluding hydrogens is 1050 g/mol. The van der Waals surface area contributed by atoms with Crippen molar-refractivity contribution in [3.05, 3.63) is 190 Å². The second-order valence-electron chi connectivity index (χ2n) is 19.7. The molecule has 0 amide bonds. The van der Waals surface area contributed by atoms with Crippen molar-refractivity contribution in [2.24, 2.45) is 5.11 Å². The molecule has 4 saturated heterocycles. The Hall–Kier alpha value is -6.66. The first-order chi connectivity index (χ1) is 39.5. The number of fused-ring (bicyclic) bond motifs is 1. The SMILES string of the molecule is CO[C@H]1O[C@H](CO[C@@H]2O[C@@H]3COC(c4ccccc4)O[C@H]3[C@H](O[C@H]3O[C@H](COCc4ccccc4)[C@H](OCc4ccccc4)[C@H](OCc4ccccc4)[C@H]3OCc3ccccc3)[C@@H]2N=[N+]=[N-])[C@@H](OC(C)=O)[C@H](OC(C)=O)[C@H]1OC(C)=O. The lowest BCUT2D eigenvalue weighted by Crippen LogP contribution is -2.67. The van der Waals surface area contributed by atoms with E-state index in [4.69, 9.17) is 71.1 Å². The van der Waals surface area contributed by atoms with Crippen LogP contribution in [0.5, 0.6) is 0 Å². The fourth-order valence-corrected chi connectivity index (χ4v) is 10.2. The molecule has 1 unspecified atom stereocenters. The van der Waals surface area contributed by atoms with Crippen molar-refractivity contribution >= 4 is 17.9 Å². The average molecular weight is 1120 g/mol. The van der Waals surface area contributed by atoms with Gasteiger partial charge in [-0.05, 0) is 27.8 Å². The number of hydrogen-bond donors (Lipinski definition) is 0. The number of rotatable bonds is 24. The maximum absolute atomic E-state index is 12.7. The summed E-state index contributed by atoms with van der Waals surface area (Å²) in [5, 5.41) is 4.29. The van der Waals surface area contributed by atoms with Gasteiger partial charge in [-0.25, -0.2) is 0 Å². The molecule has 4 aliphatic rings. The maximum Gasteiger partial charge on any atom is 0.303 e. The summed E-state index contributed by atoms with van der Waals surface area (Å²) in [4.78, 5) is 40.9. The van der Waals surface area contributed by atoms with Crippen LogP contribution in [-0.2, 0) is 112 Å². The van der Waals surface area contributed by atoms with E-state index in [1.807, 2.05) is 152 Å². The molecule has 430 valence electrons. The van der Waals surface area contributed by atoms with E-state index in [0.29, 0.717) is 5.56 Å². The van der Waals surface area contributed by atoms with E-state index >= 15 is 0 Å². The number of benzene rings is 5. The van der Waals surface area contributed by atoms with Crippen LogP contribution >= 0.6 is 0 Å². The predicted octanol–water partition coefficient (Wildman–Crippen LogP) is 7.77.